The van der Waals surface area contributed by atoms with Crippen molar-refractivity contribution in [3.05, 3.63) is 0 Å². The first kappa shape index (κ1) is 37.0. The summed E-state index contributed by atoms with van der Waals surface area (Å²) in [7, 11) is 3.71. The molecule has 0 aliphatic heterocycles. The lowest BCUT2D eigenvalue weighted by atomic mass is 10.0. The van der Waals surface area contributed by atoms with Gasteiger partial charge in [0.15, 0.2) is 0 Å². The summed E-state index contributed by atoms with van der Waals surface area (Å²) >= 11 is 0. The first-order valence-electron chi connectivity index (χ1n) is 15.4. The van der Waals surface area contributed by atoms with Crippen molar-refractivity contribution in [2.75, 3.05) is 61.1 Å². The lowest BCUT2D eigenvalue weighted by Gasteiger charge is -2.25. The number of phosphoric acid groups is 1. The third kappa shape index (κ3) is 28.8. The number of hydrogen-bond donors (Lipinski definition) is 2. The van der Waals surface area contributed by atoms with Crippen molar-refractivity contribution in [1.29, 1.82) is 0 Å². The van der Waals surface area contributed by atoms with Crippen molar-refractivity contribution in [1.82, 2.24) is 5.32 Å². The molecule has 0 heterocycles. The highest BCUT2D eigenvalue weighted by Crippen LogP contribution is 2.44. The van der Waals surface area contributed by atoms with Crippen LogP contribution in [0.1, 0.15) is 122 Å². The molecular formula is C29H64N2O5P+. The van der Waals surface area contributed by atoms with E-state index in [0.717, 1.165) is 6.42 Å². The number of quaternary nitrogens is 1. The quantitative estimate of drug-likeness (QED) is 0.0570. The summed E-state index contributed by atoms with van der Waals surface area (Å²) in [5.74, 6) is 0. The number of likely N-dealkylation sites (N-methyl/N-ethyl adjacent to an activating group) is 2. The summed E-state index contributed by atoms with van der Waals surface area (Å²) in [5.41, 5.74) is 0. The van der Waals surface area contributed by atoms with Crippen LogP contribution in [0.3, 0.4) is 0 Å². The minimum absolute atomic E-state index is 0.170. The van der Waals surface area contributed by atoms with Gasteiger partial charge in [0.1, 0.15) is 19.3 Å². The Bertz CT molecular complexity index is 531. The van der Waals surface area contributed by atoms with E-state index in [1.54, 1.807) is 7.05 Å². The number of ether oxygens (including phenoxy) is 1. The number of phosphoric ester groups is 1. The molecule has 7 nitrogen and oxygen atoms in total. The van der Waals surface area contributed by atoms with Crippen LogP contribution in [-0.2, 0) is 18.3 Å². The van der Waals surface area contributed by atoms with Gasteiger partial charge < -0.3 is 19.4 Å². The monoisotopic (exact) mass is 551 g/mol. The van der Waals surface area contributed by atoms with Crippen LogP contribution in [0.15, 0.2) is 0 Å². The number of unbranched alkanes of at least 4 members (excludes halogenated alkanes) is 17. The fourth-order valence-corrected chi connectivity index (χ4v) is 5.21. The predicted molar refractivity (Wildman–Crippen MR) is 157 cm³/mol. The minimum Gasteiger partial charge on any atom is -0.379 e. The molecule has 0 rings (SSSR count). The zero-order valence-corrected chi connectivity index (χ0v) is 26.2. The van der Waals surface area contributed by atoms with Crippen LogP contribution < -0.4 is 5.32 Å². The SMILES string of the molecule is CCCCCCCCCCCCCCCCCCCCOCC(CNC)OP(=O)(O)OCC[N+](C)(C)C. The van der Waals surface area contributed by atoms with Gasteiger partial charge in [-0.15, -0.1) is 0 Å². The van der Waals surface area contributed by atoms with Gasteiger partial charge in [-0.05, 0) is 13.5 Å². The van der Waals surface area contributed by atoms with E-state index < -0.39 is 13.9 Å². The summed E-state index contributed by atoms with van der Waals surface area (Å²) in [6.45, 7) is 4.45. The molecule has 0 aromatic rings. The van der Waals surface area contributed by atoms with Gasteiger partial charge in [0.2, 0.25) is 0 Å². The van der Waals surface area contributed by atoms with Crippen molar-refractivity contribution in [2.45, 2.75) is 129 Å². The van der Waals surface area contributed by atoms with Crippen LogP contribution in [0.2, 0.25) is 0 Å². The molecule has 0 aliphatic carbocycles. The fourth-order valence-electron chi connectivity index (χ4n) is 4.32. The summed E-state index contributed by atoms with van der Waals surface area (Å²) in [6, 6.07) is 0. The standard InChI is InChI=1S/C29H63N2O5P/c1-6-7-8-9-10-11-12-13-14-15-16-17-18-19-20-21-22-23-25-34-28-29(27-30-2)36-37(32,33)35-26-24-31(3,4)5/h29-30H,6-28H2,1-5H3/p+1. The van der Waals surface area contributed by atoms with Gasteiger partial charge in [-0.2, -0.15) is 0 Å². The van der Waals surface area contributed by atoms with Crippen LogP contribution in [-0.4, -0.2) is 76.6 Å². The second-order valence-corrected chi connectivity index (χ2v) is 13.1. The van der Waals surface area contributed by atoms with Crippen LogP contribution >= 0.6 is 7.82 Å². The smallest absolute Gasteiger partial charge is 0.379 e. The van der Waals surface area contributed by atoms with E-state index in [1.807, 2.05) is 21.1 Å². The summed E-state index contributed by atoms with van der Waals surface area (Å²) < 4.78 is 29.0. The first-order chi connectivity index (χ1) is 17.7. The van der Waals surface area contributed by atoms with E-state index in [0.29, 0.717) is 24.2 Å². The molecule has 0 saturated heterocycles. The average molecular weight is 552 g/mol. The molecule has 37 heavy (non-hydrogen) atoms. The van der Waals surface area contributed by atoms with Gasteiger partial charge in [0.25, 0.3) is 0 Å². The van der Waals surface area contributed by atoms with Gasteiger partial charge in [0, 0.05) is 13.2 Å². The molecule has 0 saturated carbocycles. The highest BCUT2D eigenvalue weighted by atomic mass is 31.2. The molecule has 0 fully saturated rings. The van der Waals surface area contributed by atoms with Crippen molar-refractivity contribution in [3.8, 4) is 0 Å². The maximum absolute atomic E-state index is 12.2. The molecule has 0 bridgehead atoms. The van der Waals surface area contributed by atoms with Crippen LogP contribution in [0.5, 0.6) is 0 Å². The number of rotatable bonds is 29. The number of hydrogen-bond acceptors (Lipinski definition) is 5. The highest BCUT2D eigenvalue weighted by molar-refractivity contribution is 7.47. The predicted octanol–water partition coefficient (Wildman–Crippen LogP) is 7.47. The molecule has 0 aromatic heterocycles. The van der Waals surface area contributed by atoms with Crippen LogP contribution in [0.4, 0.5) is 0 Å². The average Bonchev–Trinajstić information content (AvgIpc) is 2.81. The maximum Gasteiger partial charge on any atom is 0.472 e. The Morgan fingerprint density at radius 3 is 1.57 bits per heavy atom. The minimum atomic E-state index is -4.09. The van der Waals surface area contributed by atoms with Crippen LogP contribution in [0.25, 0.3) is 0 Å². The molecule has 0 aromatic carbocycles. The first-order valence-corrected chi connectivity index (χ1v) is 16.9. The Morgan fingerprint density at radius 2 is 1.16 bits per heavy atom. The Balaban J connectivity index is 3.55. The molecular weight excluding hydrogens is 487 g/mol. The summed E-state index contributed by atoms with van der Waals surface area (Å²) in [5, 5.41) is 2.99. The van der Waals surface area contributed by atoms with Crippen LogP contribution in [0, 0.1) is 0 Å². The van der Waals surface area contributed by atoms with E-state index in [4.69, 9.17) is 13.8 Å². The Hall–Kier alpha value is -0.0100. The Kier molecular flexibility index (Phi) is 25.0. The summed E-state index contributed by atoms with van der Waals surface area (Å²) in [6.07, 6.45) is 24.0. The number of nitrogens with one attached hydrogen (secondary N) is 1. The van der Waals surface area contributed by atoms with Gasteiger partial charge in [0.05, 0.1) is 27.7 Å². The lowest BCUT2D eigenvalue weighted by molar-refractivity contribution is -0.870. The summed E-state index contributed by atoms with van der Waals surface area (Å²) in [4.78, 5) is 9.99. The normalized spacial score (nSPS) is 14.6. The van der Waals surface area contributed by atoms with Crippen molar-refractivity contribution in [2.24, 2.45) is 0 Å². The molecule has 8 heteroatoms. The zero-order valence-electron chi connectivity index (χ0n) is 25.3. The van der Waals surface area contributed by atoms with Crippen molar-refractivity contribution < 1.29 is 27.7 Å². The second-order valence-electron chi connectivity index (χ2n) is 11.7. The van der Waals surface area contributed by atoms with E-state index >= 15 is 0 Å². The molecule has 0 aliphatic rings. The van der Waals surface area contributed by atoms with E-state index in [2.05, 4.69) is 12.2 Å². The molecule has 2 atom stereocenters. The zero-order chi connectivity index (χ0) is 27.7. The van der Waals surface area contributed by atoms with E-state index in [1.165, 1.54) is 109 Å². The third-order valence-corrected chi connectivity index (χ3v) is 7.75. The Morgan fingerprint density at radius 1 is 0.730 bits per heavy atom. The molecule has 224 valence electrons. The topological polar surface area (TPSA) is 77.0 Å². The lowest BCUT2D eigenvalue weighted by Crippen LogP contribution is -2.37. The van der Waals surface area contributed by atoms with Gasteiger partial charge in [-0.25, -0.2) is 4.57 Å². The fraction of sp³-hybridized carbons (Fsp3) is 1.00. The van der Waals surface area contributed by atoms with Gasteiger partial charge in [-0.3, -0.25) is 9.05 Å². The molecule has 0 radical (unpaired) electrons. The van der Waals surface area contributed by atoms with Gasteiger partial charge >= 0.3 is 7.82 Å². The van der Waals surface area contributed by atoms with E-state index in [9.17, 15) is 9.46 Å². The van der Waals surface area contributed by atoms with Crippen molar-refractivity contribution in [3.63, 3.8) is 0 Å². The van der Waals surface area contributed by atoms with E-state index in [-0.39, 0.29) is 13.2 Å². The molecule has 0 spiro atoms. The Labute approximate surface area is 230 Å². The molecule has 2 N–H and O–H groups in total. The number of nitrogens with zero attached hydrogens (tertiary/aromatic N) is 1. The van der Waals surface area contributed by atoms with Crippen molar-refractivity contribution >= 4 is 7.82 Å². The largest absolute Gasteiger partial charge is 0.472 e. The second kappa shape index (κ2) is 25.0. The van der Waals surface area contributed by atoms with Gasteiger partial charge in [-0.1, -0.05) is 116 Å². The third-order valence-electron chi connectivity index (χ3n) is 6.68. The maximum atomic E-state index is 12.2. The highest BCUT2D eigenvalue weighted by Gasteiger charge is 2.27. The molecule has 2 unspecified atom stereocenters. The molecule has 0 amide bonds.